The molecule has 0 spiro atoms. The summed E-state index contributed by atoms with van der Waals surface area (Å²) in [6, 6.07) is 36.9. The van der Waals surface area contributed by atoms with E-state index in [2.05, 4.69) is 20.8 Å². The lowest BCUT2D eigenvalue weighted by Crippen LogP contribution is -2.71. The zero-order valence-corrected chi connectivity index (χ0v) is 48.4. The van der Waals surface area contributed by atoms with Crippen LogP contribution in [0.1, 0.15) is 62.6 Å². The van der Waals surface area contributed by atoms with Crippen molar-refractivity contribution < 1.29 is 70.7 Å². The van der Waals surface area contributed by atoms with Gasteiger partial charge in [0.1, 0.15) is 70.2 Å². The lowest BCUT2D eigenvalue weighted by atomic mass is 9.77. The predicted octanol–water partition coefficient (Wildman–Crippen LogP) is 7.71. The van der Waals surface area contributed by atoms with Crippen molar-refractivity contribution in [2.45, 2.75) is 79.9 Å². The highest BCUT2D eigenvalue weighted by molar-refractivity contribution is 8.02. The summed E-state index contributed by atoms with van der Waals surface area (Å²) in [5, 5.41) is 21.0. The summed E-state index contributed by atoms with van der Waals surface area (Å²) >= 11 is 5.37. The molecule has 83 heavy (non-hydrogen) atoms. The van der Waals surface area contributed by atoms with Crippen molar-refractivity contribution in [3.05, 3.63) is 178 Å². The maximum Gasteiger partial charge on any atom is 0.493 e. The van der Waals surface area contributed by atoms with E-state index >= 15 is 0 Å². The molecule has 432 valence electrons. The maximum absolute atomic E-state index is 14.8. The van der Waals surface area contributed by atoms with E-state index in [1.807, 2.05) is 91.0 Å². The first-order valence-corrected chi connectivity index (χ1v) is 28.8. The lowest BCUT2D eigenvalue weighted by molar-refractivity contribution is -0.568. The molecule has 1 saturated heterocycles. The minimum absolute atomic E-state index is 0.0678. The van der Waals surface area contributed by atoms with Gasteiger partial charge in [-0.3, -0.25) is 20.2 Å². The quantitative estimate of drug-likeness (QED) is 0.0141. The van der Waals surface area contributed by atoms with E-state index in [4.69, 9.17) is 39.7 Å². The molecule has 1 fully saturated rings. The van der Waals surface area contributed by atoms with E-state index in [1.165, 1.54) is 69.5 Å². The number of esters is 2. The van der Waals surface area contributed by atoms with E-state index < -0.39 is 70.1 Å². The number of β-lactam (4-membered cyclic amide) rings is 1. The first kappa shape index (κ1) is 60.8. The summed E-state index contributed by atoms with van der Waals surface area (Å²) in [4.78, 5) is 94.4. The number of fused-ring (bicyclic) bond motifs is 2. The number of carboxylic acid groups (broad SMARTS) is 1. The third-order valence-corrected chi connectivity index (χ3v) is 16.7. The second kappa shape index (κ2) is 25.4. The highest BCUT2D eigenvalue weighted by atomic mass is 32.2. The number of benzene rings is 4. The molecule has 1 unspecified atom stereocenters. The van der Waals surface area contributed by atoms with Crippen LogP contribution in [0.15, 0.2) is 160 Å². The number of carbonyl (C=O) groups is 6. The number of nitrogens with zero attached hydrogens (tertiary/aromatic N) is 5. The molecule has 0 radical (unpaired) electrons. The van der Waals surface area contributed by atoms with Gasteiger partial charge in [0.15, 0.2) is 15.2 Å². The van der Waals surface area contributed by atoms with Crippen molar-refractivity contribution >= 4 is 103 Å². The van der Waals surface area contributed by atoms with Crippen LogP contribution < -0.4 is 30.8 Å². The summed E-state index contributed by atoms with van der Waals surface area (Å²) in [5.74, 6) is -4.63. The normalized spacial score (nSPS) is 15.5. The molecule has 7 aromatic rings. The zero-order chi connectivity index (χ0) is 59.9. The number of amides is 3. The van der Waals surface area contributed by atoms with Crippen LogP contribution in [0.25, 0.3) is 10.2 Å². The minimum Gasteiger partial charge on any atom is -0.542 e. The number of nitrogens with two attached hydrogens (primary N) is 1. The average Bonchev–Trinajstić information content (AvgIpc) is 2.69. The van der Waals surface area contributed by atoms with E-state index in [0.29, 0.717) is 37.6 Å². The van der Waals surface area contributed by atoms with Gasteiger partial charge in [0.05, 0.1) is 11.8 Å². The molecular weight excluding hydrogens is 1160 g/mol. The Morgan fingerprint density at radius 1 is 0.867 bits per heavy atom. The molecule has 3 aromatic heterocycles. The highest BCUT2D eigenvalue weighted by Gasteiger charge is 2.55. The van der Waals surface area contributed by atoms with Gasteiger partial charge >= 0.3 is 24.1 Å². The van der Waals surface area contributed by atoms with Gasteiger partial charge in [-0.15, -0.1) is 34.4 Å². The number of thiazole rings is 2. The van der Waals surface area contributed by atoms with Crippen LogP contribution in [0, 0.1) is 0 Å². The van der Waals surface area contributed by atoms with Crippen LogP contribution in [-0.2, 0) is 50.4 Å². The van der Waals surface area contributed by atoms with Gasteiger partial charge in [-0.2, -0.15) is 22.5 Å². The van der Waals surface area contributed by atoms with Crippen molar-refractivity contribution in [2.24, 2.45) is 10.9 Å². The molecule has 0 bridgehead atoms. The number of halogens is 3. The summed E-state index contributed by atoms with van der Waals surface area (Å²) in [6.07, 6.45) is -2.08. The van der Waals surface area contributed by atoms with Crippen LogP contribution in [-0.4, -0.2) is 104 Å². The fraction of sp³-hybridized carbons (Fsp3) is 0.263. The number of methoxy groups -OCH3 is 1. The number of primary amides is 1. The summed E-state index contributed by atoms with van der Waals surface area (Å²) in [6.45, 7) is 8.04. The number of carboxylic acids is 1. The smallest absolute Gasteiger partial charge is 0.493 e. The number of alkyl halides is 3. The molecule has 19 nitrogen and oxygen atoms in total. The van der Waals surface area contributed by atoms with Gasteiger partial charge in [-0.05, 0) is 80.6 Å². The van der Waals surface area contributed by atoms with Crippen molar-refractivity contribution in [1.29, 1.82) is 0 Å². The lowest BCUT2D eigenvalue weighted by Gasteiger charge is -2.49. The van der Waals surface area contributed by atoms with Crippen LogP contribution in [0.3, 0.4) is 0 Å². The van der Waals surface area contributed by atoms with E-state index in [9.17, 15) is 37.1 Å². The number of aliphatic carboxylic acids is 1. The number of oxime groups is 1. The molecule has 5 heterocycles. The molecule has 0 saturated carbocycles. The van der Waals surface area contributed by atoms with Gasteiger partial charge in [0.2, 0.25) is 5.60 Å². The standard InChI is InChI=1S/C55H52N8O9S4.C2HF3O2/c1-53(2,3)71-49(67)54(4,5)72-61-42(40-32-74-51(57-40)60-55(35-16-10-7-11-17-35,36-18-12-8-13-19-36)37-20-14-9-15-21-37)45(64)59-43-46(65)63-44(48(66)70-29-33-22-24-38(69-6)25-23-33)34(30-73-47(43)63)31-75-52-58-39-28-62(50(56)68)27-26-41(39)76-52;3-2(4,5)1(6)7/h7-28,32,43,47H,29-31H2,1-6H3,(H3-,56,57,59,60,64,68);(H,6,7)/b61-42-;/t43?,47-;/m0./s1. The van der Waals surface area contributed by atoms with E-state index in [0.717, 1.165) is 21.4 Å². The Kier molecular flexibility index (Phi) is 18.6. The fourth-order valence-corrected chi connectivity index (χ4v) is 12.6. The van der Waals surface area contributed by atoms with Crippen LogP contribution >= 0.6 is 46.2 Å². The number of aromatic nitrogens is 3. The average molecular weight is 1210 g/mol. The number of nitrogens with one attached hydrogen (secondary N) is 2. The summed E-state index contributed by atoms with van der Waals surface area (Å²) < 4.78 is 51.1. The molecule has 9 rings (SSSR count). The Morgan fingerprint density at radius 3 is 2.00 bits per heavy atom. The molecule has 4 aromatic carbocycles. The third-order valence-electron chi connectivity index (χ3n) is 12.4. The topological polar surface area (TPSA) is 258 Å². The van der Waals surface area contributed by atoms with Crippen molar-refractivity contribution in [3.8, 4) is 5.75 Å². The van der Waals surface area contributed by atoms with E-state index in [-0.39, 0.29) is 29.5 Å². The molecule has 26 heteroatoms. The molecule has 4 N–H and O–H groups in total. The summed E-state index contributed by atoms with van der Waals surface area (Å²) in [7, 11) is 1.56. The number of hydrogen-bond donors (Lipinski definition) is 3. The van der Waals surface area contributed by atoms with Gasteiger partial charge in [0, 0.05) is 16.9 Å². The second-order valence-electron chi connectivity index (χ2n) is 19.8. The monoisotopic (exact) mass is 1210 g/mol. The zero-order valence-electron chi connectivity index (χ0n) is 45.1. The fourth-order valence-electron chi connectivity index (χ4n) is 8.32. The van der Waals surface area contributed by atoms with Crippen LogP contribution in [0.2, 0.25) is 0 Å². The third kappa shape index (κ3) is 14.3. The Labute approximate surface area is 490 Å². The Hall–Kier alpha value is -8.33. The van der Waals surface area contributed by atoms with Crippen molar-refractivity contribution in [1.82, 2.24) is 20.2 Å². The predicted molar refractivity (Wildman–Crippen MR) is 304 cm³/mol. The molecule has 2 atom stereocenters. The van der Waals surface area contributed by atoms with Gasteiger partial charge in [-0.25, -0.2) is 19.6 Å². The second-order valence-corrected chi connectivity index (χ2v) is 24.0. The molecule has 0 aliphatic carbocycles. The number of rotatable bonds is 18. The SMILES string of the molecule is COc1ccc(COC(=O)C2=C(CSc3nc4c[n+](C(N)=O)ccc4s3)CS[C@H]3C(NC(=O)/C(=N\OC(C)(C)C(=O)OC(C)(C)C)c4csc(NC(c5ccccc5)(c5ccccc5)c5ccccc5)n4)C(=O)N23)cc1.O=C([O-])C(F)(F)F. The Balaban J connectivity index is 0.00000121. The largest absolute Gasteiger partial charge is 0.542 e. The number of carbonyl (C=O) groups excluding carboxylic acids is 6. The van der Waals surface area contributed by atoms with Crippen molar-refractivity contribution in [2.75, 3.05) is 23.9 Å². The minimum atomic E-state index is -5.19. The highest BCUT2D eigenvalue weighted by Crippen LogP contribution is 2.44. The van der Waals surface area contributed by atoms with E-state index in [1.54, 1.807) is 76.0 Å². The first-order chi connectivity index (χ1) is 39.4. The first-order valence-electron chi connectivity index (χ1n) is 25.1. The number of hydrogen-bond acceptors (Lipinski definition) is 19. The Bertz CT molecular complexity index is 3500. The Morgan fingerprint density at radius 2 is 1.46 bits per heavy atom. The molecule has 2 aliphatic heterocycles. The molecule has 2 aliphatic rings. The number of anilines is 1. The molecular formula is C57H53F3N8O11S4. The van der Waals surface area contributed by atoms with Crippen LogP contribution in [0.4, 0.5) is 23.1 Å². The number of thioether (sulfide) groups is 2. The molecule has 3 amide bonds. The van der Waals surface area contributed by atoms with Gasteiger partial charge < -0.3 is 39.6 Å². The number of pyridine rings is 1. The van der Waals surface area contributed by atoms with Gasteiger partial charge in [0.25, 0.3) is 11.8 Å². The maximum atomic E-state index is 14.8. The van der Waals surface area contributed by atoms with Crippen molar-refractivity contribution in [3.63, 3.8) is 0 Å². The number of ether oxygens (including phenoxy) is 3. The summed E-state index contributed by atoms with van der Waals surface area (Å²) in [5.41, 5.74) is 6.50. The van der Waals surface area contributed by atoms with Gasteiger partial charge in [-0.1, -0.05) is 120 Å². The van der Waals surface area contributed by atoms with Crippen LogP contribution in [0.5, 0.6) is 5.75 Å².